The molecule has 3 heteroatoms. The molecule has 0 radical (unpaired) electrons. The summed E-state index contributed by atoms with van der Waals surface area (Å²) in [5.74, 6) is 1.45. The van der Waals surface area contributed by atoms with Crippen LogP contribution >= 0.6 is 15.9 Å². The molecular formula is C14H20BrNO. The Kier molecular flexibility index (Phi) is 4.10. The quantitative estimate of drug-likeness (QED) is 0.904. The Hall–Kier alpha value is -0.540. The highest BCUT2D eigenvalue weighted by Gasteiger charge is 2.23. The van der Waals surface area contributed by atoms with E-state index in [1.165, 1.54) is 12.1 Å². The van der Waals surface area contributed by atoms with Crippen LogP contribution in [0.15, 0.2) is 22.7 Å². The van der Waals surface area contributed by atoms with Crippen molar-refractivity contribution in [2.24, 2.45) is 11.8 Å². The summed E-state index contributed by atoms with van der Waals surface area (Å²) in [6.45, 7) is 6.90. The minimum Gasteiger partial charge on any atom is -0.392 e. The van der Waals surface area contributed by atoms with E-state index in [1.54, 1.807) is 0 Å². The van der Waals surface area contributed by atoms with E-state index in [0.717, 1.165) is 35.0 Å². The number of piperidine rings is 1. The number of anilines is 1. The zero-order valence-corrected chi connectivity index (χ0v) is 12.1. The number of halogens is 1. The molecule has 2 rings (SSSR count). The third-order valence-electron chi connectivity index (χ3n) is 3.43. The largest absolute Gasteiger partial charge is 0.392 e. The molecule has 1 N–H and O–H groups in total. The van der Waals surface area contributed by atoms with Crippen LogP contribution in [0.25, 0.3) is 0 Å². The van der Waals surface area contributed by atoms with Crippen LogP contribution in [0.3, 0.4) is 0 Å². The number of nitrogens with zero attached hydrogens (tertiary/aromatic N) is 1. The highest BCUT2D eigenvalue weighted by molar-refractivity contribution is 9.10. The minimum absolute atomic E-state index is 0.113. The number of aliphatic hydroxyl groups excluding tert-OH is 1. The van der Waals surface area contributed by atoms with E-state index in [9.17, 15) is 5.11 Å². The van der Waals surface area contributed by atoms with Crippen molar-refractivity contribution in [3.63, 3.8) is 0 Å². The van der Waals surface area contributed by atoms with Crippen LogP contribution in [0.5, 0.6) is 0 Å². The molecule has 1 aliphatic rings. The first kappa shape index (κ1) is 12.9. The smallest absolute Gasteiger partial charge is 0.0702 e. The number of rotatable bonds is 2. The zero-order valence-electron chi connectivity index (χ0n) is 10.5. The predicted molar refractivity (Wildman–Crippen MR) is 75.2 cm³/mol. The summed E-state index contributed by atoms with van der Waals surface area (Å²) < 4.78 is 1.08. The molecule has 0 bridgehead atoms. The molecule has 1 aromatic rings. The van der Waals surface area contributed by atoms with E-state index >= 15 is 0 Å². The lowest BCUT2D eigenvalue weighted by Crippen LogP contribution is -2.39. The second-order valence-corrected chi connectivity index (χ2v) is 6.20. The van der Waals surface area contributed by atoms with Crippen molar-refractivity contribution in [2.45, 2.75) is 26.9 Å². The lowest BCUT2D eigenvalue weighted by Gasteiger charge is -2.37. The molecule has 2 atom stereocenters. The van der Waals surface area contributed by atoms with E-state index in [2.05, 4.69) is 40.7 Å². The average Bonchev–Trinajstić information content (AvgIpc) is 2.27. The van der Waals surface area contributed by atoms with Crippen molar-refractivity contribution < 1.29 is 5.11 Å². The third-order valence-corrected chi connectivity index (χ3v) is 3.92. The predicted octanol–water partition coefficient (Wildman–Crippen LogP) is 3.42. The average molecular weight is 298 g/mol. The van der Waals surface area contributed by atoms with Crippen molar-refractivity contribution in [3.05, 3.63) is 28.2 Å². The van der Waals surface area contributed by atoms with E-state index in [0.29, 0.717) is 0 Å². The zero-order chi connectivity index (χ0) is 12.4. The first-order valence-corrected chi connectivity index (χ1v) is 7.03. The maximum Gasteiger partial charge on any atom is 0.0702 e. The topological polar surface area (TPSA) is 23.5 Å². The van der Waals surface area contributed by atoms with Gasteiger partial charge in [0.15, 0.2) is 0 Å². The van der Waals surface area contributed by atoms with Crippen molar-refractivity contribution in [1.82, 2.24) is 0 Å². The Morgan fingerprint density at radius 1 is 1.29 bits per heavy atom. The molecule has 1 heterocycles. The van der Waals surface area contributed by atoms with Gasteiger partial charge in [-0.15, -0.1) is 0 Å². The van der Waals surface area contributed by atoms with E-state index < -0.39 is 0 Å². The van der Waals surface area contributed by atoms with E-state index in [1.807, 2.05) is 12.1 Å². The minimum atomic E-state index is 0.113. The number of hydrogen-bond acceptors (Lipinski definition) is 2. The molecule has 1 saturated heterocycles. The fourth-order valence-electron chi connectivity index (χ4n) is 2.82. The molecule has 2 nitrogen and oxygen atoms in total. The SMILES string of the molecule is CC1CC(C)CN(c2cc(Br)ccc2CO)C1. The second kappa shape index (κ2) is 5.40. The lowest BCUT2D eigenvalue weighted by atomic mass is 9.91. The molecular weight excluding hydrogens is 278 g/mol. The summed E-state index contributed by atoms with van der Waals surface area (Å²) >= 11 is 3.51. The second-order valence-electron chi connectivity index (χ2n) is 5.28. The highest BCUT2D eigenvalue weighted by atomic mass is 79.9. The van der Waals surface area contributed by atoms with Gasteiger partial charge in [0.2, 0.25) is 0 Å². The van der Waals surface area contributed by atoms with Gasteiger partial charge in [-0.2, -0.15) is 0 Å². The van der Waals surface area contributed by atoms with Gasteiger partial charge in [-0.25, -0.2) is 0 Å². The van der Waals surface area contributed by atoms with Crippen LogP contribution < -0.4 is 4.90 Å². The fourth-order valence-corrected chi connectivity index (χ4v) is 3.17. The van der Waals surface area contributed by atoms with Gasteiger partial charge < -0.3 is 10.0 Å². The van der Waals surface area contributed by atoms with Crippen LogP contribution in [-0.4, -0.2) is 18.2 Å². The van der Waals surface area contributed by atoms with E-state index in [4.69, 9.17) is 0 Å². The number of benzene rings is 1. The molecule has 0 aromatic heterocycles. The molecule has 0 spiro atoms. The molecule has 0 saturated carbocycles. The molecule has 0 aliphatic carbocycles. The summed E-state index contributed by atoms with van der Waals surface area (Å²) in [5.41, 5.74) is 2.20. The van der Waals surface area contributed by atoms with Crippen LogP contribution in [0, 0.1) is 11.8 Å². The van der Waals surface area contributed by atoms with Crippen molar-refractivity contribution in [2.75, 3.05) is 18.0 Å². The summed E-state index contributed by atoms with van der Waals surface area (Å²) in [6.07, 6.45) is 1.30. The van der Waals surface area contributed by atoms with Crippen LogP contribution in [-0.2, 0) is 6.61 Å². The monoisotopic (exact) mass is 297 g/mol. The maximum atomic E-state index is 9.43. The standard InChI is InChI=1S/C14H20BrNO/c1-10-5-11(2)8-16(7-10)14-6-13(15)4-3-12(14)9-17/h3-4,6,10-11,17H,5,7-9H2,1-2H3. The first-order valence-electron chi connectivity index (χ1n) is 6.24. The van der Waals surface area contributed by atoms with Gasteiger partial charge in [0, 0.05) is 28.8 Å². The van der Waals surface area contributed by atoms with Crippen LogP contribution in [0.1, 0.15) is 25.8 Å². The van der Waals surface area contributed by atoms with Gasteiger partial charge in [0.1, 0.15) is 0 Å². The number of hydrogen-bond donors (Lipinski definition) is 1. The Morgan fingerprint density at radius 3 is 2.53 bits per heavy atom. The third kappa shape index (κ3) is 3.02. The lowest BCUT2D eigenvalue weighted by molar-refractivity contribution is 0.280. The van der Waals surface area contributed by atoms with Crippen LogP contribution in [0.2, 0.25) is 0 Å². The Labute approximate surface area is 112 Å². The molecule has 0 amide bonds. The van der Waals surface area contributed by atoms with Gasteiger partial charge in [-0.3, -0.25) is 0 Å². The van der Waals surface area contributed by atoms with Crippen LogP contribution in [0.4, 0.5) is 5.69 Å². The van der Waals surface area contributed by atoms with Crippen molar-refractivity contribution in [3.8, 4) is 0 Å². The molecule has 17 heavy (non-hydrogen) atoms. The maximum absolute atomic E-state index is 9.43. The summed E-state index contributed by atoms with van der Waals surface area (Å²) in [6, 6.07) is 6.12. The Morgan fingerprint density at radius 2 is 1.94 bits per heavy atom. The Balaban J connectivity index is 2.28. The molecule has 1 aliphatic heterocycles. The summed E-state index contributed by atoms with van der Waals surface area (Å²) in [7, 11) is 0. The van der Waals surface area contributed by atoms with E-state index in [-0.39, 0.29) is 6.61 Å². The summed E-state index contributed by atoms with van der Waals surface area (Å²) in [4.78, 5) is 2.41. The molecule has 1 fully saturated rings. The van der Waals surface area contributed by atoms with Gasteiger partial charge in [0.25, 0.3) is 0 Å². The number of aliphatic hydroxyl groups is 1. The van der Waals surface area contributed by atoms with Crippen molar-refractivity contribution in [1.29, 1.82) is 0 Å². The highest BCUT2D eigenvalue weighted by Crippen LogP contribution is 2.31. The molecule has 2 unspecified atom stereocenters. The Bertz CT molecular complexity index is 384. The molecule has 1 aromatic carbocycles. The molecule has 94 valence electrons. The fraction of sp³-hybridized carbons (Fsp3) is 0.571. The summed E-state index contributed by atoms with van der Waals surface area (Å²) in [5, 5.41) is 9.43. The first-order chi connectivity index (χ1) is 8.10. The van der Waals surface area contributed by atoms with Crippen molar-refractivity contribution >= 4 is 21.6 Å². The van der Waals surface area contributed by atoms with Gasteiger partial charge in [-0.1, -0.05) is 35.8 Å². The normalized spacial score (nSPS) is 25.1. The van der Waals surface area contributed by atoms with Gasteiger partial charge in [-0.05, 0) is 30.4 Å². The van der Waals surface area contributed by atoms with Gasteiger partial charge >= 0.3 is 0 Å². The van der Waals surface area contributed by atoms with Gasteiger partial charge in [0.05, 0.1) is 6.61 Å².